The van der Waals surface area contributed by atoms with Crippen LogP contribution in [0.25, 0.3) is 0 Å². The normalized spacial score (nSPS) is 10.2. The molecule has 0 spiro atoms. The minimum Gasteiger partial charge on any atom is -0.465 e. The molecule has 0 amide bonds. The van der Waals surface area contributed by atoms with E-state index in [1.807, 2.05) is 13.0 Å². The van der Waals surface area contributed by atoms with Crippen molar-refractivity contribution >= 4 is 27.6 Å². The lowest BCUT2D eigenvalue weighted by molar-refractivity contribution is 0.0600. The molecule has 0 saturated carbocycles. The summed E-state index contributed by atoms with van der Waals surface area (Å²) in [5.41, 5.74) is 7.64. The van der Waals surface area contributed by atoms with Gasteiger partial charge in [0.25, 0.3) is 0 Å². The summed E-state index contributed by atoms with van der Waals surface area (Å²) in [5.74, 6) is 0.352. The van der Waals surface area contributed by atoms with E-state index in [1.165, 1.54) is 19.4 Å². The highest BCUT2D eigenvalue weighted by molar-refractivity contribution is 9.10. The number of anilines is 1. The van der Waals surface area contributed by atoms with E-state index in [-0.39, 0.29) is 5.88 Å². The molecule has 0 aliphatic carbocycles. The monoisotopic (exact) mass is 336 g/mol. The minimum atomic E-state index is -0.447. The van der Waals surface area contributed by atoms with Gasteiger partial charge < -0.3 is 15.2 Å². The van der Waals surface area contributed by atoms with Crippen LogP contribution in [-0.2, 0) is 4.74 Å². The molecular weight excluding hydrogens is 324 g/mol. The maximum absolute atomic E-state index is 11.5. The van der Waals surface area contributed by atoms with Crippen LogP contribution < -0.4 is 10.5 Å². The lowest BCUT2D eigenvalue weighted by Crippen LogP contribution is -2.02. The number of nitrogens with zero attached hydrogens (tertiary/aromatic N) is 1. The molecular formula is C14H13BrN2O3. The third-order valence-electron chi connectivity index (χ3n) is 2.63. The second-order valence-electron chi connectivity index (χ2n) is 4.12. The number of carbonyl (C=O) groups excluding carboxylic acids is 1. The van der Waals surface area contributed by atoms with Crippen molar-refractivity contribution in [3.05, 3.63) is 46.1 Å². The predicted octanol–water partition coefficient (Wildman–Crippen LogP) is 3.31. The highest BCUT2D eigenvalue weighted by atomic mass is 79.9. The average molecular weight is 337 g/mol. The van der Waals surface area contributed by atoms with Gasteiger partial charge in [0.1, 0.15) is 0 Å². The van der Waals surface area contributed by atoms with Gasteiger partial charge in [-0.15, -0.1) is 0 Å². The summed E-state index contributed by atoms with van der Waals surface area (Å²) in [6.45, 7) is 1.88. The first-order chi connectivity index (χ1) is 9.51. The molecule has 0 saturated heterocycles. The summed E-state index contributed by atoms with van der Waals surface area (Å²) < 4.78 is 11.2. The Balaban J connectivity index is 2.33. The fourth-order valence-electron chi connectivity index (χ4n) is 1.71. The number of nitrogen functional groups attached to an aromatic ring is 1. The Hall–Kier alpha value is -2.08. The Morgan fingerprint density at radius 2 is 2.10 bits per heavy atom. The van der Waals surface area contributed by atoms with Crippen molar-refractivity contribution in [2.45, 2.75) is 6.92 Å². The quantitative estimate of drug-likeness (QED) is 0.687. The Labute approximate surface area is 124 Å². The first kappa shape index (κ1) is 14.3. The number of esters is 1. The number of aryl methyl sites for hydroxylation is 1. The van der Waals surface area contributed by atoms with Gasteiger partial charge in [-0.25, -0.2) is 9.78 Å². The summed E-state index contributed by atoms with van der Waals surface area (Å²) in [5, 5.41) is 0. The number of methoxy groups -OCH3 is 1. The van der Waals surface area contributed by atoms with Crippen molar-refractivity contribution < 1.29 is 14.3 Å². The number of pyridine rings is 1. The van der Waals surface area contributed by atoms with Gasteiger partial charge in [-0.2, -0.15) is 0 Å². The fourth-order valence-corrected chi connectivity index (χ4v) is 2.30. The zero-order valence-electron chi connectivity index (χ0n) is 11.0. The van der Waals surface area contributed by atoms with E-state index in [9.17, 15) is 4.79 Å². The predicted molar refractivity (Wildman–Crippen MR) is 78.9 cm³/mol. The first-order valence-electron chi connectivity index (χ1n) is 5.79. The van der Waals surface area contributed by atoms with E-state index in [2.05, 4.69) is 25.7 Å². The van der Waals surface area contributed by atoms with Crippen molar-refractivity contribution in [1.29, 1.82) is 0 Å². The molecule has 0 atom stereocenters. The Bertz CT molecular complexity index is 636. The average Bonchev–Trinajstić information content (AvgIpc) is 2.42. The second kappa shape index (κ2) is 5.92. The van der Waals surface area contributed by atoms with E-state index in [4.69, 9.17) is 10.5 Å². The molecule has 1 aromatic carbocycles. The molecule has 1 aromatic heterocycles. The van der Waals surface area contributed by atoms with E-state index in [0.29, 0.717) is 17.0 Å². The topological polar surface area (TPSA) is 74.4 Å². The van der Waals surface area contributed by atoms with Crippen LogP contribution in [0.4, 0.5) is 5.69 Å². The van der Waals surface area contributed by atoms with Crippen LogP contribution >= 0.6 is 15.9 Å². The summed E-state index contributed by atoms with van der Waals surface area (Å²) in [6.07, 6.45) is 1.48. The van der Waals surface area contributed by atoms with Gasteiger partial charge in [0.05, 0.1) is 18.4 Å². The van der Waals surface area contributed by atoms with Gasteiger partial charge in [-0.3, -0.25) is 0 Å². The zero-order chi connectivity index (χ0) is 14.7. The molecule has 6 heteroatoms. The molecule has 2 aromatic rings. The third kappa shape index (κ3) is 3.08. The number of rotatable bonds is 3. The SMILES string of the molecule is COC(=O)c1ccnc(Oc2c(C)cc(Br)cc2N)c1. The minimum absolute atomic E-state index is 0.282. The van der Waals surface area contributed by atoms with Crippen molar-refractivity contribution in [2.75, 3.05) is 12.8 Å². The van der Waals surface area contributed by atoms with E-state index in [1.54, 1.807) is 12.1 Å². The lowest BCUT2D eigenvalue weighted by Gasteiger charge is -2.11. The van der Waals surface area contributed by atoms with Crippen LogP contribution in [0, 0.1) is 6.92 Å². The molecule has 0 fully saturated rings. The maximum atomic E-state index is 11.5. The standard InChI is InChI=1S/C14H13BrN2O3/c1-8-5-10(15)7-11(16)13(8)20-12-6-9(3-4-17-12)14(18)19-2/h3-7H,16H2,1-2H3. The van der Waals surface area contributed by atoms with Crippen LogP contribution in [0.15, 0.2) is 34.9 Å². The molecule has 2 N–H and O–H groups in total. The number of benzene rings is 1. The molecule has 2 rings (SSSR count). The van der Waals surface area contributed by atoms with Crippen molar-refractivity contribution in [3.8, 4) is 11.6 Å². The van der Waals surface area contributed by atoms with Gasteiger partial charge in [-0.1, -0.05) is 15.9 Å². The highest BCUT2D eigenvalue weighted by Crippen LogP contribution is 2.33. The Kier molecular flexibility index (Phi) is 4.24. The van der Waals surface area contributed by atoms with Crippen LogP contribution in [0.1, 0.15) is 15.9 Å². The molecule has 0 aliphatic rings. The van der Waals surface area contributed by atoms with Gasteiger partial charge in [0.15, 0.2) is 5.75 Å². The van der Waals surface area contributed by atoms with Gasteiger partial charge in [0.2, 0.25) is 5.88 Å². The number of halogens is 1. The molecule has 20 heavy (non-hydrogen) atoms. The molecule has 104 valence electrons. The Morgan fingerprint density at radius 1 is 1.35 bits per heavy atom. The molecule has 0 radical (unpaired) electrons. The lowest BCUT2D eigenvalue weighted by atomic mass is 10.2. The first-order valence-corrected chi connectivity index (χ1v) is 6.58. The summed E-state index contributed by atoms with van der Waals surface area (Å²) in [4.78, 5) is 15.5. The van der Waals surface area contributed by atoms with Gasteiger partial charge in [0, 0.05) is 16.7 Å². The van der Waals surface area contributed by atoms with Crippen LogP contribution in [0.2, 0.25) is 0 Å². The number of aromatic nitrogens is 1. The molecule has 0 aliphatic heterocycles. The molecule has 0 bridgehead atoms. The van der Waals surface area contributed by atoms with Crippen molar-refractivity contribution in [2.24, 2.45) is 0 Å². The third-order valence-corrected chi connectivity index (χ3v) is 3.09. The number of carbonyl (C=O) groups is 1. The van der Waals surface area contributed by atoms with Crippen molar-refractivity contribution in [3.63, 3.8) is 0 Å². The van der Waals surface area contributed by atoms with E-state index < -0.39 is 5.97 Å². The highest BCUT2D eigenvalue weighted by Gasteiger charge is 2.11. The zero-order valence-corrected chi connectivity index (χ0v) is 12.6. The van der Waals surface area contributed by atoms with Crippen LogP contribution in [0.5, 0.6) is 11.6 Å². The fraction of sp³-hybridized carbons (Fsp3) is 0.143. The number of ether oxygens (including phenoxy) is 2. The van der Waals surface area contributed by atoms with Crippen LogP contribution in [-0.4, -0.2) is 18.1 Å². The summed E-state index contributed by atoms with van der Waals surface area (Å²) in [7, 11) is 1.32. The molecule has 0 unspecified atom stereocenters. The molecule has 5 nitrogen and oxygen atoms in total. The largest absolute Gasteiger partial charge is 0.465 e. The Morgan fingerprint density at radius 3 is 2.75 bits per heavy atom. The van der Waals surface area contributed by atoms with E-state index >= 15 is 0 Å². The summed E-state index contributed by atoms with van der Waals surface area (Å²) >= 11 is 3.36. The van der Waals surface area contributed by atoms with E-state index in [0.717, 1.165) is 10.0 Å². The van der Waals surface area contributed by atoms with Gasteiger partial charge in [-0.05, 0) is 30.7 Å². The van der Waals surface area contributed by atoms with Gasteiger partial charge >= 0.3 is 5.97 Å². The second-order valence-corrected chi connectivity index (χ2v) is 5.03. The smallest absolute Gasteiger partial charge is 0.338 e. The van der Waals surface area contributed by atoms with Crippen LogP contribution in [0.3, 0.4) is 0 Å². The van der Waals surface area contributed by atoms with Crippen molar-refractivity contribution in [1.82, 2.24) is 4.98 Å². The number of hydrogen-bond acceptors (Lipinski definition) is 5. The number of nitrogens with two attached hydrogens (primary N) is 1. The molecule has 1 heterocycles. The summed E-state index contributed by atoms with van der Waals surface area (Å²) in [6, 6.07) is 6.69. The maximum Gasteiger partial charge on any atom is 0.338 e. The number of hydrogen-bond donors (Lipinski definition) is 1.